The predicted octanol–water partition coefficient (Wildman–Crippen LogP) is 2.09. The van der Waals surface area contributed by atoms with Crippen LogP contribution in [0.25, 0.3) is 0 Å². The van der Waals surface area contributed by atoms with Crippen LogP contribution in [-0.4, -0.2) is 45.7 Å². The van der Waals surface area contributed by atoms with Crippen LogP contribution in [0, 0.1) is 0 Å². The zero-order valence-electron chi connectivity index (χ0n) is 12.1. The monoisotopic (exact) mass is 250 g/mol. The van der Waals surface area contributed by atoms with E-state index < -0.39 is 0 Å². The zero-order chi connectivity index (χ0) is 13.4. The van der Waals surface area contributed by atoms with E-state index in [0.29, 0.717) is 12.5 Å². The first kappa shape index (κ1) is 15.2. The molecule has 1 atom stereocenters. The molecular weight excluding hydrogens is 224 g/mol. The first-order valence-corrected chi connectivity index (χ1v) is 6.59. The Kier molecular flexibility index (Phi) is 6.94. The molecule has 0 aliphatic rings. The van der Waals surface area contributed by atoms with Crippen LogP contribution in [0.5, 0.6) is 0 Å². The number of hydrogen-bond donors (Lipinski definition) is 1. The van der Waals surface area contributed by atoms with Gasteiger partial charge >= 0.3 is 0 Å². The molecule has 0 fully saturated rings. The van der Waals surface area contributed by atoms with E-state index in [9.17, 15) is 0 Å². The number of rotatable bonds is 8. The Morgan fingerprint density at radius 1 is 1.22 bits per heavy atom. The van der Waals surface area contributed by atoms with Crippen LogP contribution in [0.15, 0.2) is 24.3 Å². The highest BCUT2D eigenvalue weighted by Gasteiger charge is 2.03. The van der Waals surface area contributed by atoms with Crippen molar-refractivity contribution in [1.29, 1.82) is 0 Å². The molecule has 1 unspecified atom stereocenters. The van der Waals surface area contributed by atoms with Gasteiger partial charge in [0.25, 0.3) is 0 Å². The number of hydrogen-bond acceptors (Lipinski definition) is 3. The van der Waals surface area contributed by atoms with Crippen molar-refractivity contribution in [3.8, 4) is 0 Å². The van der Waals surface area contributed by atoms with E-state index in [2.05, 4.69) is 55.5 Å². The highest BCUT2D eigenvalue weighted by Crippen LogP contribution is 2.15. The molecular formula is C15H26N2O. The van der Waals surface area contributed by atoms with Gasteiger partial charge in [0.1, 0.15) is 0 Å². The van der Waals surface area contributed by atoms with Crippen LogP contribution < -0.4 is 5.32 Å². The minimum absolute atomic E-state index is 0.554. The Morgan fingerprint density at radius 2 is 1.89 bits per heavy atom. The SMILES string of the molecule is CNCC(C)c1ccc(COCCN(C)C)cc1. The molecule has 1 N–H and O–H groups in total. The Bertz CT molecular complexity index is 322. The van der Waals surface area contributed by atoms with Crippen molar-refractivity contribution < 1.29 is 4.74 Å². The van der Waals surface area contributed by atoms with Crippen molar-refractivity contribution in [3.63, 3.8) is 0 Å². The Balaban J connectivity index is 2.36. The van der Waals surface area contributed by atoms with Gasteiger partial charge in [-0.3, -0.25) is 0 Å². The summed E-state index contributed by atoms with van der Waals surface area (Å²) in [5, 5.41) is 3.20. The Labute approximate surface area is 111 Å². The second-order valence-corrected chi connectivity index (χ2v) is 5.06. The smallest absolute Gasteiger partial charge is 0.0717 e. The van der Waals surface area contributed by atoms with E-state index in [-0.39, 0.29) is 0 Å². The van der Waals surface area contributed by atoms with Crippen LogP contribution in [0.4, 0.5) is 0 Å². The molecule has 3 heteroatoms. The van der Waals surface area contributed by atoms with Crippen LogP contribution >= 0.6 is 0 Å². The topological polar surface area (TPSA) is 24.5 Å². The fourth-order valence-electron chi connectivity index (χ4n) is 1.80. The number of nitrogens with one attached hydrogen (secondary N) is 1. The normalized spacial score (nSPS) is 12.9. The van der Waals surface area contributed by atoms with Gasteiger partial charge in [-0.1, -0.05) is 31.2 Å². The van der Waals surface area contributed by atoms with Crippen molar-refractivity contribution in [2.24, 2.45) is 0 Å². The third-order valence-corrected chi connectivity index (χ3v) is 3.01. The van der Waals surface area contributed by atoms with E-state index >= 15 is 0 Å². The number of benzene rings is 1. The van der Waals surface area contributed by atoms with Gasteiger partial charge in [-0.25, -0.2) is 0 Å². The third-order valence-electron chi connectivity index (χ3n) is 3.01. The summed E-state index contributed by atoms with van der Waals surface area (Å²) in [6.07, 6.45) is 0. The molecule has 102 valence electrons. The number of nitrogens with zero attached hydrogens (tertiary/aromatic N) is 1. The summed E-state index contributed by atoms with van der Waals surface area (Å²) in [7, 11) is 6.10. The second kappa shape index (κ2) is 8.25. The molecule has 0 saturated heterocycles. The molecule has 0 aliphatic carbocycles. The molecule has 0 bridgehead atoms. The molecule has 1 rings (SSSR count). The van der Waals surface area contributed by atoms with Crippen LogP contribution in [0.2, 0.25) is 0 Å². The van der Waals surface area contributed by atoms with E-state index in [4.69, 9.17) is 4.74 Å². The minimum Gasteiger partial charge on any atom is -0.375 e. The quantitative estimate of drug-likeness (QED) is 0.715. The highest BCUT2D eigenvalue weighted by atomic mass is 16.5. The van der Waals surface area contributed by atoms with Gasteiger partial charge in [0, 0.05) is 13.1 Å². The fourth-order valence-corrected chi connectivity index (χ4v) is 1.80. The summed E-state index contributed by atoms with van der Waals surface area (Å²) < 4.78 is 5.62. The van der Waals surface area contributed by atoms with Gasteiger partial charge < -0.3 is 15.0 Å². The van der Waals surface area contributed by atoms with Crippen molar-refractivity contribution in [2.75, 3.05) is 40.8 Å². The molecule has 0 heterocycles. The molecule has 0 aromatic heterocycles. The fraction of sp³-hybridized carbons (Fsp3) is 0.600. The standard InChI is InChI=1S/C15H26N2O/c1-13(11-16-2)15-7-5-14(6-8-15)12-18-10-9-17(3)4/h5-8,13,16H,9-12H2,1-4H3. The third kappa shape index (κ3) is 5.63. The van der Waals surface area contributed by atoms with Crippen LogP contribution in [-0.2, 0) is 11.3 Å². The molecule has 0 spiro atoms. The molecule has 3 nitrogen and oxygen atoms in total. The summed E-state index contributed by atoms with van der Waals surface area (Å²) in [5.41, 5.74) is 2.62. The van der Waals surface area contributed by atoms with Gasteiger partial charge in [0.15, 0.2) is 0 Å². The summed E-state index contributed by atoms with van der Waals surface area (Å²) in [6, 6.07) is 8.73. The van der Waals surface area contributed by atoms with Gasteiger partial charge in [0.2, 0.25) is 0 Å². The molecule has 0 saturated carbocycles. The van der Waals surface area contributed by atoms with Crippen molar-refractivity contribution in [1.82, 2.24) is 10.2 Å². The first-order valence-electron chi connectivity index (χ1n) is 6.59. The minimum atomic E-state index is 0.554. The van der Waals surface area contributed by atoms with E-state index in [1.165, 1.54) is 11.1 Å². The summed E-state index contributed by atoms with van der Waals surface area (Å²) >= 11 is 0. The molecule has 0 aliphatic heterocycles. The predicted molar refractivity (Wildman–Crippen MR) is 77.0 cm³/mol. The maximum absolute atomic E-state index is 5.62. The lowest BCUT2D eigenvalue weighted by Crippen LogP contribution is -2.17. The zero-order valence-corrected chi connectivity index (χ0v) is 12.1. The number of likely N-dealkylation sites (N-methyl/N-ethyl adjacent to an activating group) is 2. The summed E-state index contributed by atoms with van der Waals surface area (Å²) in [4.78, 5) is 2.13. The van der Waals surface area contributed by atoms with Crippen LogP contribution in [0.3, 0.4) is 0 Å². The average molecular weight is 250 g/mol. The molecule has 18 heavy (non-hydrogen) atoms. The average Bonchev–Trinajstić information content (AvgIpc) is 2.35. The second-order valence-electron chi connectivity index (χ2n) is 5.06. The lowest BCUT2D eigenvalue weighted by Gasteiger charge is -2.12. The largest absolute Gasteiger partial charge is 0.375 e. The van der Waals surface area contributed by atoms with Crippen molar-refractivity contribution >= 4 is 0 Å². The maximum Gasteiger partial charge on any atom is 0.0717 e. The van der Waals surface area contributed by atoms with E-state index in [0.717, 1.165) is 19.7 Å². The highest BCUT2D eigenvalue weighted by molar-refractivity contribution is 5.24. The number of ether oxygens (including phenoxy) is 1. The molecule has 1 aromatic carbocycles. The lowest BCUT2D eigenvalue weighted by atomic mass is 10.00. The first-order chi connectivity index (χ1) is 8.63. The maximum atomic E-state index is 5.62. The van der Waals surface area contributed by atoms with Crippen LogP contribution in [0.1, 0.15) is 24.0 Å². The molecule has 0 amide bonds. The summed E-state index contributed by atoms with van der Waals surface area (Å²) in [6.45, 7) is 5.70. The Morgan fingerprint density at radius 3 is 2.44 bits per heavy atom. The van der Waals surface area contributed by atoms with Crippen molar-refractivity contribution in [3.05, 3.63) is 35.4 Å². The van der Waals surface area contributed by atoms with E-state index in [1.54, 1.807) is 0 Å². The Hall–Kier alpha value is -0.900. The van der Waals surface area contributed by atoms with Gasteiger partial charge in [-0.2, -0.15) is 0 Å². The van der Waals surface area contributed by atoms with Gasteiger partial charge in [-0.05, 0) is 38.2 Å². The van der Waals surface area contributed by atoms with E-state index in [1.807, 2.05) is 7.05 Å². The van der Waals surface area contributed by atoms with Gasteiger partial charge in [0.05, 0.1) is 13.2 Å². The van der Waals surface area contributed by atoms with Crippen molar-refractivity contribution in [2.45, 2.75) is 19.4 Å². The van der Waals surface area contributed by atoms with Gasteiger partial charge in [-0.15, -0.1) is 0 Å². The molecule has 1 aromatic rings. The lowest BCUT2D eigenvalue weighted by molar-refractivity contribution is 0.105. The summed E-state index contributed by atoms with van der Waals surface area (Å²) in [5.74, 6) is 0.554. The molecule has 0 radical (unpaired) electrons.